The lowest BCUT2D eigenvalue weighted by Gasteiger charge is -2.30. The van der Waals surface area contributed by atoms with Gasteiger partial charge < -0.3 is 5.32 Å². The smallest absolute Gasteiger partial charge is 0.252 e. The molecule has 0 unspecified atom stereocenters. The molecular weight excluding hydrogens is 324 g/mol. The Morgan fingerprint density at radius 2 is 2.06 bits per heavy atom. The van der Waals surface area contributed by atoms with Gasteiger partial charge in [-0.1, -0.05) is 0 Å². The summed E-state index contributed by atoms with van der Waals surface area (Å²) in [5.74, 6) is 0. The second-order valence-corrected chi connectivity index (χ2v) is 8.75. The number of hydrogen-bond donors (Lipinski definition) is 1. The molecule has 96 valence electrons. The Bertz CT molecular complexity index is 480. The maximum absolute atomic E-state index is 12.3. The van der Waals surface area contributed by atoms with Crippen molar-refractivity contribution in [2.75, 3.05) is 20.1 Å². The van der Waals surface area contributed by atoms with Gasteiger partial charge in [-0.15, -0.1) is 11.3 Å². The first-order valence-electron chi connectivity index (χ1n) is 5.46. The minimum Gasteiger partial charge on any atom is -0.317 e. The van der Waals surface area contributed by atoms with Crippen molar-refractivity contribution in [2.24, 2.45) is 0 Å². The van der Waals surface area contributed by atoms with Gasteiger partial charge in [0.25, 0.3) is 10.0 Å². The van der Waals surface area contributed by atoms with Crippen LogP contribution in [0.5, 0.6) is 0 Å². The van der Waals surface area contributed by atoms with Crippen molar-refractivity contribution >= 4 is 37.3 Å². The largest absolute Gasteiger partial charge is 0.317 e. The molecule has 0 aliphatic carbocycles. The molecular formula is C10H15BrN2O2S2. The number of hydrogen-bond acceptors (Lipinski definition) is 4. The van der Waals surface area contributed by atoms with Crippen molar-refractivity contribution in [1.82, 2.24) is 9.62 Å². The van der Waals surface area contributed by atoms with Crippen LogP contribution in [0.1, 0.15) is 12.8 Å². The second kappa shape index (κ2) is 5.36. The lowest BCUT2D eigenvalue weighted by molar-refractivity contribution is 0.297. The Balaban J connectivity index is 2.20. The highest BCUT2D eigenvalue weighted by atomic mass is 79.9. The van der Waals surface area contributed by atoms with E-state index in [-0.39, 0.29) is 6.04 Å². The normalized spacial score (nSPS) is 18.8. The molecule has 0 radical (unpaired) electrons. The molecule has 2 heterocycles. The molecule has 7 heteroatoms. The summed E-state index contributed by atoms with van der Waals surface area (Å²) in [6.45, 7) is 1.78. The van der Waals surface area contributed by atoms with Crippen LogP contribution in [0.4, 0.5) is 0 Å². The van der Waals surface area contributed by atoms with E-state index < -0.39 is 10.0 Å². The summed E-state index contributed by atoms with van der Waals surface area (Å²) in [4.78, 5) is 0. The first-order valence-corrected chi connectivity index (χ1v) is 8.51. The number of halogens is 1. The first kappa shape index (κ1) is 13.5. The summed E-state index contributed by atoms with van der Waals surface area (Å²) < 4.78 is 27.4. The van der Waals surface area contributed by atoms with Crippen LogP contribution in [0.25, 0.3) is 0 Å². The van der Waals surface area contributed by atoms with Gasteiger partial charge in [-0.25, -0.2) is 8.42 Å². The highest BCUT2D eigenvalue weighted by Gasteiger charge is 2.29. The van der Waals surface area contributed by atoms with Crippen molar-refractivity contribution in [3.63, 3.8) is 0 Å². The van der Waals surface area contributed by atoms with Gasteiger partial charge in [-0.05, 0) is 54.0 Å². The third-order valence-electron chi connectivity index (χ3n) is 3.00. The van der Waals surface area contributed by atoms with Gasteiger partial charge in [-0.2, -0.15) is 4.31 Å². The molecule has 1 aromatic heterocycles. The number of nitrogens with zero attached hydrogens (tertiary/aromatic N) is 1. The average Bonchev–Trinajstić information content (AvgIpc) is 2.77. The second-order valence-electron chi connectivity index (χ2n) is 4.06. The van der Waals surface area contributed by atoms with E-state index in [0.29, 0.717) is 4.21 Å². The van der Waals surface area contributed by atoms with Gasteiger partial charge in [-0.3, -0.25) is 0 Å². The van der Waals surface area contributed by atoms with E-state index in [1.165, 1.54) is 15.6 Å². The van der Waals surface area contributed by atoms with Crippen LogP contribution in [0.15, 0.2) is 20.1 Å². The number of sulfonamides is 1. The SMILES string of the molecule is CN(C1CCNCC1)S(=O)(=O)c1ccc(Br)s1. The summed E-state index contributed by atoms with van der Waals surface area (Å²) in [6.07, 6.45) is 1.75. The average molecular weight is 339 g/mol. The summed E-state index contributed by atoms with van der Waals surface area (Å²) in [5, 5.41) is 3.24. The molecule has 0 aromatic carbocycles. The number of nitrogens with one attached hydrogen (secondary N) is 1. The topological polar surface area (TPSA) is 49.4 Å². The van der Waals surface area contributed by atoms with E-state index in [4.69, 9.17) is 0 Å². The molecule has 4 nitrogen and oxygen atoms in total. The number of thiophene rings is 1. The Hall–Kier alpha value is 0.0500. The molecule has 1 fully saturated rings. The standard InChI is InChI=1S/C10H15BrN2O2S2/c1-13(8-4-6-12-7-5-8)17(14,15)10-3-2-9(11)16-10/h2-3,8,12H,4-7H2,1H3. The van der Waals surface area contributed by atoms with Crippen molar-refractivity contribution in [3.8, 4) is 0 Å². The Labute approximate surface area is 114 Å². The predicted octanol–water partition coefficient (Wildman–Crippen LogP) is 1.88. The Kier molecular flexibility index (Phi) is 4.25. The lowest BCUT2D eigenvalue weighted by Crippen LogP contribution is -2.43. The summed E-state index contributed by atoms with van der Waals surface area (Å²) in [6, 6.07) is 3.54. The molecule has 0 amide bonds. The lowest BCUT2D eigenvalue weighted by atomic mass is 10.1. The van der Waals surface area contributed by atoms with Crippen molar-refractivity contribution in [1.29, 1.82) is 0 Å². The summed E-state index contributed by atoms with van der Waals surface area (Å²) in [5.41, 5.74) is 0. The zero-order valence-electron chi connectivity index (χ0n) is 9.52. The van der Waals surface area contributed by atoms with Crippen molar-refractivity contribution in [3.05, 3.63) is 15.9 Å². The van der Waals surface area contributed by atoms with E-state index in [9.17, 15) is 8.42 Å². The number of rotatable bonds is 3. The molecule has 1 saturated heterocycles. The highest BCUT2D eigenvalue weighted by Crippen LogP contribution is 2.29. The van der Waals surface area contributed by atoms with Gasteiger partial charge in [0.1, 0.15) is 4.21 Å². The molecule has 17 heavy (non-hydrogen) atoms. The molecule has 1 aliphatic heterocycles. The summed E-state index contributed by atoms with van der Waals surface area (Å²) in [7, 11) is -1.64. The molecule has 0 saturated carbocycles. The molecule has 1 aromatic rings. The van der Waals surface area contributed by atoms with Gasteiger partial charge in [0.2, 0.25) is 0 Å². The van der Waals surface area contributed by atoms with E-state index in [0.717, 1.165) is 29.7 Å². The molecule has 1 N–H and O–H groups in total. The van der Waals surface area contributed by atoms with E-state index in [1.807, 2.05) is 0 Å². The fourth-order valence-electron chi connectivity index (χ4n) is 1.94. The van der Waals surface area contributed by atoms with Crippen LogP contribution in [0.3, 0.4) is 0 Å². The third-order valence-corrected chi connectivity index (χ3v) is 7.01. The summed E-state index contributed by atoms with van der Waals surface area (Å²) >= 11 is 4.55. The predicted molar refractivity (Wildman–Crippen MR) is 72.9 cm³/mol. The van der Waals surface area contributed by atoms with Crippen LogP contribution >= 0.6 is 27.3 Å². The van der Waals surface area contributed by atoms with Gasteiger partial charge in [0.05, 0.1) is 3.79 Å². The van der Waals surface area contributed by atoms with E-state index in [2.05, 4.69) is 21.2 Å². The highest BCUT2D eigenvalue weighted by molar-refractivity contribution is 9.11. The minimum atomic E-state index is -3.32. The van der Waals surface area contributed by atoms with Crippen LogP contribution in [0, 0.1) is 0 Å². The number of piperidine rings is 1. The molecule has 0 spiro atoms. The molecule has 0 bridgehead atoms. The van der Waals surface area contributed by atoms with Crippen LogP contribution in [0.2, 0.25) is 0 Å². The minimum absolute atomic E-state index is 0.113. The molecule has 0 atom stereocenters. The van der Waals surface area contributed by atoms with E-state index >= 15 is 0 Å². The zero-order valence-corrected chi connectivity index (χ0v) is 12.7. The van der Waals surface area contributed by atoms with Gasteiger partial charge >= 0.3 is 0 Å². The van der Waals surface area contributed by atoms with Crippen molar-refractivity contribution < 1.29 is 8.42 Å². The molecule has 2 rings (SSSR count). The fraction of sp³-hybridized carbons (Fsp3) is 0.600. The quantitative estimate of drug-likeness (QED) is 0.915. The van der Waals surface area contributed by atoms with E-state index in [1.54, 1.807) is 19.2 Å². The van der Waals surface area contributed by atoms with Gasteiger partial charge in [0.15, 0.2) is 0 Å². The molecule has 1 aliphatic rings. The monoisotopic (exact) mass is 338 g/mol. The first-order chi connectivity index (χ1) is 8.01. The maximum Gasteiger partial charge on any atom is 0.252 e. The Morgan fingerprint density at radius 3 is 2.59 bits per heavy atom. The third kappa shape index (κ3) is 2.90. The zero-order chi connectivity index (χ0) is 12.5. The Morgan fingerprint density at radius 1 is 1.41 bits per heavy atom. The van der Waals surface area contributed by atoms with Crippen LogP contribution < -0.4 is 5.32 Å². The maximum atomic E-state index is 12.3. The van der Waals surface area contributed by atoms with Gasteiger partial charge in [0, 0.05) is 13.1 Å². The fourth-order valence-corrected chi connectivity index (χ4v) is 5.56. The van der Waals surface area contributed by atoms with Crippen LogP contribution in [-0.2, 0) is 10.0 Å². The van der Waals surface area contributed by atoms with Crippen LogP contribution in [-0.4, -0.2) is 38.9 Å². The van der Waals surface area contributed by atoms with Crippen molar-refractivity contribution in [2.45, 2.75) is 23.1 Å².